The number of rotatable bonds is 4. The lowest BCUT2D eigenvalue weighted by Gasteiger charge is -2.04. The van der Waals surface area contributed by atoms with Gasteiger partial charge in [0.2, 0.25) is 0 Å². The molecule has 0 bridgehead atoms. The van der Waals surface area contributed by atoms with E-state index in [-0.39, 0.29) is 12.5 Å². The van der Waals surface area contributed by atoms with E-state index in [4.69, 9.17) is 5.11 Å². The predicted molar refractivity (Wildman–Crippen MR) is 71.0 cm³/mol. The van der Waals surface area contributed by atoms with Crippen LogP contribution in [-0.4, -0.2) is 34.6 Å². The van der Waals surface area contributed by atoms with Crippen LogP contribution in [0.25, 0.3) is 10.2 Å². The van der Waals surface area contributed by atoms with Crippen molar-refractivity contribution in [1.29, 1.82) is 0 Å². The van der Waals surface area contributed by atoms with E-state index >= 15 is 0 Å². The summed E-state index contributed by atoms with van der Waals surface area (Å²) in [5, 5.41) is 11.3. The number of carbonyl (C=O) groups excluding carboxylic acids is 1. The fourth-order valence-electron chi connectivity index (χ4n) is 1.57. The van der Waals surface area contributed by atoms with Gasteiger partial charge in [-0.25, -0.2) is 4.79 Å². The number of nitrogens with one attached hydrogen (secondary N) is 1. The number of pyridine rings is 1. The van der Waals surface area contributed by atoms with Crippen molar-refractivity contribution in [2.24, 2.45) is 0 Å². The molecule has 0 aliphatic heterocycles. The number of amides is 1. The minimum Gasteiger partial charge on any atom is -0.477 e. The van der Waals surface area contributed by atoms with Gasteiger partial charge in [-0.3, -0.25) is 9.78 Å². The third-order valence-corrected chi connectivity index (χ3v) is 3.95. The first-order chi connectivity index (χ1) is 8.99. The maximum absolute atomic E-state index is 11.9. The first kappa shape index (κ1) is 13.4. The number of hydrogen-bond donors (Lipinski definition) is 3. The molecule has 2 aromatic rings. The lowest BCUT2D eigenvalue weighted by atomic mass is 10.2. The Morgan fingerprint density at radius 3 is 2.95 bits per heavy atom. The lowest BCUT2D eigenvalue weighted by molar-refractivity contribution is -0.404. The van der Waals surface area contributed by atoms with Crippen LogP contribution in [-0.2, 0) is 4.79 Å². The Balaban J connectivity index is 2.14. The maximum atomic E-state index is 11.9. The van der Waals surface area contributed by atoms with E-state index in [0.717, 1.165) is 15.8 Å². The number of aryl methyl sites for hydroxylation is 1. The summed E-state index contributed by atoms with van der Waals surface area (Å²) in [7, 11) is 0. The van der Waals surface area contributed by atoms with E-state index in [9.17, 15) is 9.59 Å². The third-order valence-electron chi connectivity index (χ3n) is 2.69. The first-order valence-corrected chi connectivity index (χ1v) is 6.50. The van der Waals surface area contributed by atoms with Gasteiger partial charge in [0, 0.05) is 6.20 Å². The number of aliphatic carboxylic acids is 1. The molecule has 0 aliphatic rings. The number of nitrogens with zero attached hydrogens (tertiary/aromatic N) is 1. The molecule has 0 fully saturated rings. The number of carboxylic acid groups (broad SMARTS) is 1. The van der Waals surface area contributed by atoms with Gasteiger partial charge in [-0.05, 0) is 24.6 Å². The second-order valence-corrected chi connectivity index (χ2v) is 5.25. The number of carbonyl (C=O) groups is 2. The van der Waals surface area contributed by atoms with Crippen molar-refractivity contribution in [3.05, 3.63) is 28.8 Å². The van der Waals surface area contributed by atoms with Gasteiger partial charge >= 0.3 is 5.97 Å². The highest BCUT2D eigenvalue weighted by atomic mass is 32.1. The lowest BCUT2D eigenvalue weighted by Crippen LogP contribution is -2.68. The molecule has 1 atom stereocenters. The summed E-state index contributed by atoms with van der Waals surface area (Å²) < 4.78 is 0.969. The molecule has 0 saturated carbocycles. The molecule has 0 radical (unpaired) electrons. The van der Waals surface area contributed by atoms with Gasteiger partial charge in [0.25, 0.3) is 5.91 Å². The maximum Gasteiger partial charge on any atom is 0.364 e. The highest BCUT2D eigenvalue weighted by Crippen LogP contribution is 2.26. The highest BCUT2D eigenvalue weighted by Gasteiger charge is 2.18. The quantitative estimate of drug-likeness (QED) is 0.734. The molecule has 7 heteroatoms. The fourth-order valence-corrected chi connectivity index (χ4v) is 2.57. The van der Waals surface area contributed by atoms with Crippen LogP contribution in [0.2, 0.25) is 0 Å². The largest absolute Gasteiger partial charge is 0.477 e. The van der Waals surface area contributed by atoms with E-state index in [2.05, 4.69) is 16.0 Å². The zero-order chi connectivity index (χ0) is 14.0. The molecule has 0 unspecified atom stereocenters. The molecule has 1 amide bonds. The summed E-state index contributed by atoms with van der Waals surface area (Å²) in [6, 6.07) is 2.75. The Morgan fingerprint density at radius 2 is 2.32 bits per heavy atom. The van der Waals surface area contributed by atoms with Crippen molar-refractivity contribution in [3.8, 4) is 0 Å². The van der Waals surface area contributed by atoms with Gasteiger partial charge in [0.15, 0.2) is 6.04 Å². The molecule has 0 aliphatic carbocycles. The summed E-state index contributed by atoms with van der Waals surface area (Å²) >= 11 is 1.35. The van der Waals surface area contributed by atoms with Gasteiger partial charge in [0.1, 0.15) is 0 Å². The van der Waals surface area contributed by atoms with E-state index < -0.39 is 12.0 Å². The summed E-state index contributed by atoms with van der Waals surface area (Å²) in [5.74, 6) is -1.33. The average molecular weight is 280 g/mol. The molecule has 2 heterocycles. The van der Waals surface area contributed by atoms with Gasteiger partial charge in [-0.1, -0.05) is 0 Å². The standard InChI is InChI=1S/C12H13N3O3S/c1-6-2-3-14-8-4-9(19-10(6)8)11(16)15-5-7(13)12(17)18/h2-4,7H,5,13H2,1H3,(H,15,16)(H,17,18)/p+1/t7-/m1/s1. The van der Waals surface area contributed by atoms with Crippen molar-refractivity contribution in [2.45, 2.75) is 13.0 Å². The van der Waals surface area contributed by atoms with Crippen LogP contribution in [0, 0.1) is 6.92 Å². The average Bonchev–Trinajstić information content (AvgIpc) is 2.80. The topological polar surface area (TPSA) is 107 Å². The molecule has 100 valence electrons. The molecule has 19 heavy (non-hydrogen) atoms. The van der Waals surface area contributed by atoms with Crippen LogP contribution in [0.3, 0.4) is 0 Å². The molecule has 5 N–H and O–H groups in total. The van der Waals surface area contributed by atoms with Crippen molar-refractivity contribution in [2.75, 3.05) is 6.54 Å². The van der Waals surface area contributed by atoms with E-state index in [0.29, 0.717) is 4.88 Å². The smallest absolute Gasteiger partial charge is 0.364 e. The van der Waals surface area contributed by atoms with Gasteiger partial charge < -0.3 is 16.2 Å². The van der Waals surface area contributed by atoms with Crippen molar-refractivity contribution < 1.29 is 20.4 Å². The summed E-state index contributed by atoms with van der Waals surface area (Å²) in [6.45, 7) is 1.97. The minimum atomic E-state index is -1.03. The van der Waals surface area contributed by atoms with E-state index in [1.807, 2.05) is 13.0 Å². The Hall–Kier alpha value is -1.99. The van der Waals surface area contributed by atoms with Crippen LogP contribution >= 0.6 is 11.3 Å². The zero-order valence-electron chi connectivity index (χ0n) is 10.3. The number of quaternary nitrogens is 1. The molecule has 0 saturated heterocycles. The normalized spacial score (nSPS) is 12.3. The van der Waals surface area contributed by atoms with Crippen molar-refractivity contribution >= 4 is 33.4 Å². The molecule has 2 aromatic heterocycles. The summed E-state index contributed by atoms with van der Waals surface area (Å²) in [4.78, 5) is 27.2. The monoisotopic (exact) mass is 280 g/mol. The molecule has 2 rings (SSSR count). The van der Waals surface area contributed by atoms with E-state index in [1.165, 1.54) is 11.3 Å². The van der Waals surface area contributed by atoms with Crippen LogP contribution < -0.4 is 11.1 Å². The number of aromatic nitrogens is 1. The number of thiophene rings is 1. The van der Waals surface area contributed by atoms with Crippen LogP contribution in [0.5, 0.6) is 0 Å². The Labute approximate surface area is 113 Å². The Kier molecular flexibility index (Phi) is 3.77. The van der Waals surface area contributed by atoms with Crippen molar-refractivity contribution in [1.82, 2.24) is 10.3 Å². The molecule has 0 aromatic carbocycles. The van der Waals surface area contributed by atoms with Crippen molar-refractivity contribution in [3.63, 3.8) is 0 Å². The van der Waals surface area contributed by atoms with Gasteiger partial charge in [-0.15, -0.1) is 11.3 Å². The third kappa shape index (κ3) is 2.88. The highest BCUT2D eigenvalue weighted by molar-refractivity contribution is 7.20. The second-order valence-electron chi connectivity index (χ2n) is 4.20. The van der Waals surface area contributed by atoms with Crippen LogP contribution in [0.1, 0.15) is 15.2 Å². The second kappa shape index (κ2) is 5.33. The van der Waals surface area contributed by atoms with Gasteiger partial charge in [0.05, 0.1) is 21.6 Å². The summed E-state index contributed by atoms with van der Waals surface area (Å²) in [5.41, 5.74) is 5.28. The minimum absolute atomic E-state index is 0.00875. The van der Waals surface area contributed by atoms with Crippen LogP contribution in [0.4, 0.5) is 0 Å². The van der Waals surface area contributed by atoms with E-state index in [1.54, 1.807) is 12.3 Å². The fraction of sp³-hybridized carbons (Fsp3) is 0.250. The van der Waals surface area contributed by atoms with Gasteiger partial charge in [-0.2, -0.15) is 0 Å². The molecular formula is C12H14N3O3S+. The summed E-state index contributed by atoms with van der Waals surface area (Å²) in [6.07, 6.45) is 1.70. The predicted octanol–water partition coefficient (Wildman–Crippen LogP) is 0.0296. The molecule has 6 nitrogen and oxygen atoms in total. The first-order valence-electron chi connectivity index (χ1n) is 5.68. The number of carboxylic acids is 1. The molecular weight excluding hydrogens is 266 g/mol. The number of hydrogen-bond acceptors (Lipinski definition) is 4. The Bertz CT molecular complexity index is 638. The number of fused-ring (bicyclic) bond motifs is 1. The molecule has 0 spiro atoms. The SMILES string of the molecule is Cc1ccnc2cc(C(=O)NC[C@@H]([NH3+])C(=O)O)sc12. The van der Waals surface area contributed by atoms with Crippen LogP contribution in [0.15, 0.2) is 18.3 Å². The Morgan fingerprint density at radius 1 is 1.58 bits per heavy atom. The zero-order valence-corrected chi connectivity index (χ0v) is 11.2.